The molecular formula is C26H34FN5O2. The number of carbonyl (C=O) groups is 1. The van der Waals surface area contributed by atoms with E-state index in [-0.39, 0.29) is 5.56 Å². The van der Waals surface area contributed by atoms with E-state index in [0.29, 0.717) is 24.0 Å². The lowest BCUT2D eigenvalue weighted by Crippen LogP contribution is -2.25. The van der Waals surface area contributed by atoms with Crippen LogP contribution in [-0.2, 0) is 6.42 Å². The van der Waals surface area contributed by atoms with E-state index in [1.54, 1.807) is 18.2 Å². The molecule has 0 saturated carbocycles. The summed E-state index contributed by atoms with van der Waals surface area (Å²) in [5.74, 6) is -0.623. The number of nitrogens with one attached hydrogen (secondary N) is 2. The van der Waals surface area contributed by atoms with Gasteiger partial charge in [-0.15, -0.1) is 5.10 Å². The number of rotatable bonds is 13. The van der Waals surface area contributed by atoms with E-state index in [1.165, 1.54) is 18.6 Å². The Hall–Kier alpha value is -3.26. The summed E-state index contributed by atoms with van der Waals surface area (Å²) in [5.41, 5.74) is 2.34. The average molecular weight is 468 g/mol. The standard InChI is InChI=1S/C26H34FN5O2/c1-4-16-32(6-3)17-10-9-15-28-26-31-30-25(34-26)21-14-13-20(18-19(21)5-2)29-24(33)22-11-7-8-12-23(22)27/h7-8,11-14,18H,4-6,9-10,15-17H2,1-3H3,(H,28,31)(H,29,33). The number of hydrogen-bond acceptors (Lipinski definition) is 6. The van der Waals surface area contributed by atoms with Crippen molar-refractivity contribution < 1.29 is 13.6 Å². The number of aromatic nitrogens is 2. The van der Waals surface area contributed by atoms with E-state index in [4.69, 9.17) is 4.42 Å². The van der Waals surface area contributed by atoms with Crippen LogP contribution in [0.5, 0.6) is 0 Å². The molecule has 182 valence electrons. The van der Waals surface area contributed by atoms with Crippen molar-refractivity contribution in [3.63, 3.8) is 0 Å². The van der Waals surface area contributed by atoms with Gasteiger partial charge in [-0.05, 0) is 81.2 Å². The fourth-order valence-corrected chi connectivity index (χ4v) is 3.82. The second-order valence-corrected chi connectivity index (χ2v) is 8.14. The van der Waals surface area contributed by atoms with Crippen LogP contribution in [0.1, 0.15) is 56.0 Å². The predicted octanol–water partition coefficient (Wildman–Crippen LogP) is 5.61. The lowest BCUT2D eigenvalue weighted by atomic mass is 10.0. The highest BCUT2D eigenvalue weighted by Crippen LogP contribution is 2.27. The van der Waals surface area contributed by atoms with Crippen LogP contribution in [0.15, 0.2) is 46.9 Å². The molecule has 3 rings (SSSR count). The molecule has 0 spiro atoms. The number of benzene rings is 2. The fourth-order valence-electron chi connectivity index (χ4n) is 3.82. The molecule has 0 atom stereocenters. The van der Waals surface area contributed by atoms with Crippen molar-refractivity contribution in [3.05, 3.63) is 59.4 Å². The van der Waals surface area contributed by atoms with Gasteiger partial charge in [0.1, 0.15) is 5.82 Å². The number of aryl methyl sites for hydroxylation is 1. The Morgan fingerprint density at radius 2 is 1.88 bits per heavy atom. The van der Waals surface area contributed by atoms with Crippen molar-refractivity contribution in [1.29, 1.82) is 0 Å². The summed E-state index contributed by atoms with van der Waals surface area (Å²) in [6, 6.07) is 11.7. The second-order valence-electron chi connectivity index (χ2n) is 8.14. The maximum Gasteiger partial charge on any atom is 0.315 e. The molecule has 0 radical (unpaired) electrons. The SMILES string of the molecule is CCCN(CC)CCCCNc1nnc(-c2ccc(NC(=O)c3ccccc3F)cc2CC)o1. The molecule has 2 aromatic carbocycles. The van der Waals surface area contributed by atoms with Crippen molar-refractivity contribution in [2.24, 2.45) is 0 Å². The van der Waals surface area contributed by atoms with Crippen LogP contribution in [0.3, 0.4) is 0 Å². The minimum absolute atomic E-state index is 0.00464. The summed E-state index contributed by atoms with van der Waals surface area (Å²) in [6.45, 7) is 10.5. The second kappa shape index (κ2) is 12.8. The van der Waals surface area contributed by atoms with Gasteiger partial charge in [0.05, 0.1) is 5.56 Å². The number of hydrogen-bond donors (Lipinski definition) is 2. The van der Waals surface area contributed by atoms with E-state index in [1.807, 2.05) is 19.1 Å². The van der Waals surface area contributed by atoms with Gasteiger partial charge in [-0.3, -0.25) is 4.79 Å². The lowest BCUT2D eigenvalue weighted by Gasteiger charge is -2.19. The molecule has 3 aromatic rings. The third-order valence-electron chi connectivity index (χ3n) is 5.68. The number of carbonyl (C=O) groups excluding carboxylic acids is 1. The molecule has 0 aliphatic heterocycles. The van der Waals surface area contributed by atoms with Crippen molar-refractivity contribution >= 4 is 17.6 Å². The maximum atomic E-state index is 13.9. The van der Waals surface area contributed by atoms with Gasteiger partial charge >= 0.3 is 6.01 Å². The topological polar surface area (TPSA) is 83.3 Å². The summed E-state index contributed by atoms with van der Waals surface area (Å²) >= 11 is 0. The maximum absolute atomic E-state index is 13.9. The third kappa shape index (κ3) is 6.87. The zero-order valence-electron chi connectivity index (χ0n) is 20.2. The van der Waals surface area contributed by atoms with Crippen molar-refractivity contribution in [2.45, 2.75) is 46.5 Å². The molecule has 1 aromatic heterocycles. The Balaban J connectivity index is 1.58. The Labute approximate surface area is 200 Å². The quantitative estimate of drug-likeness (QED) is 0.318. The molecule has 0 saturated heterocycles. The average Bonchev–Trinajstić information content (AvgIpc) is 3.32. The first kappa shape index (κ1) is 25.4. The van der Waals surface area contributed by atoms with Crippen LogP contribution in [0.25, 0.3) is 11.5 Å². The summed E-state index contributed by atoms with van der Waals surface area (Å²) in [7, 11) is 0. The predicted molar refractivity (Wildman–Crippen MR) is 134 cm³/mol. The van der Waals surface area contributed by atoms with Crippen LogP contribution in [0.2, 0.25) is 0 Å². The minimum atomic E-state index is -0.554. The molecule has 0 bridgehead atoms. The molecule has 0 unspecified atom stereocenters. The Kier molecular flexibility index (Phi) is 9.58. The molecule has 7 nitrogen and oxygen atoms in total. The highest BCUT2D eigenvalue weighted by atomic mass is 19.1. The number of nitrogens with zero attached hydrogens (tertiary/aromatic N) is 3. The molecule has 2 N–H and O–H groups in total. The first-order valence-electron chi connectivity index (χ1n) is 12.0. The molecule has 0 aliphatic carbocycles. The van der Waals surface area contributed by atoms with Gasteiger partial charge in [-0.2, -0.15) is 0 Å². The number of unbranched alkanes of at least 4 members (excludes halogenated alkanes) is 1. The van der Waals surface area contributed by atoms with E-state index >= 15 is 0 Å². The molecule has 1 heterocycles. The largest absolute Gasteiger partial charge is 0.403 e. The Morgan fingerprint density at radius 3 is 2.62 bits per heavy atom. The highest BCUT2D eigenvalue weighted by molar-refractivity contribution is 6.04. The van der Waals surface area contributed by atoms with E-state index in [0.717, 1.165) is 50.1 Å². The minimum Gasteiger partial charge on any atom is -0.403 e. The number of amides is 1. The van der Waals surface area contributed by atoms with Crippen molar-refractivity contribution in [3.8, 4) is 11.5 Å². The van der Waals surface area contributed by atoms with Gasteiger partial charge in [0.25, 0.3) is 5.91 Å². The summed E-state index contributed by atoms with van der Waals surface area (Å²) in [4.78, 5) is 14.9. The molecule has 1 amide bonds. The number of anilines is 2. The lowest BCUT2D eigenvalue weighted by molar-refractivity contribution is 0.102. The van der Waals surface area contributed by atoms with E-state index in [2.05, 4.69) is 39.6 Å². The van der Waals surface area contributed by atoms with Gasteiger partial charge in [-0.25, -0.2) is 4.39 Å². The molecule has 0 aliphatic rings. The van der Waals surface area contributed by atoms with Gasteiger partial charge in [0.15, 0.2) is 0 Å². The van der Waals surface area contributed by atoms with Crippen molar-refractivity contribution in [1.82, 2.24) is 15.1 Å². The summed E-state index contributed by atoms with van der Waals surface area (Å²) < 4.78 is 19.7. The van der Waals surface area contributed by atoms with E-state index in [9.17, 15) is 9.18 Å². The molecule has 8 heteroatoms. The zero-order chi connectivity index (χ0) is 24.3. The first-order valence-corrected chi connectivity index (χ1v) is 12.0. The van der Waals surface area contributed by atoms with Gasteiger partial charge in [-0.1, -0.05) is 38.0 Å². The molecule has 34 heavy (non-hydrogen) atoms. The van der Waals surface area contributed by atoms with Crippen molar-refractivity contribution in [2.75, 3.05) is 36.8 Å². The summed E-state index contributed by atoms with van der Waals surface area (Å²) in [6.07, 6.45) is 4.02. The Bertz CT molecular complexity index is 1070. The normalized spacial score (nSPS) is 11.1. The fraction of sp³-hybridized carbons (Fsp3) is 0.423. The number of halogens is 1. The van der Waals surface area contributed by atoms with E-state index < -0.39 is 11.7 Å². The van der Waals surface area contributed by atoms with Crippen LogP contribution in [-0.4, -0.2) is 47.2 Å². The summed E-state index contributed by atoms with van der Waals surface area (Å²) in [5, 5.41) is 14.3. The molecular weight excluding hydrogens is 433 g/mol. The molecule has 0 fully saturated rings. The third-order valence-corrected chi connectivity index (χ3v) is 5.68. The monoisotopic (exact) mass is 467 g/mol. The first-order chi connectivity index (χ1) is 16.5. The smallest absolute Gasteiger partial charge is 0.315 e. The van der Waals surface area contributed by atoms with Crippen LogP contribution in [0, 0.1) is 5.82 Å². The van der Waals surface area contributed by atoms with Crippen LogP contribution in [0.4, 0.5) is 16.1 Å². The zero-order valence-corrected chi connectivity index (χ0v) is 20.2. The van der Waals surface area contributed by atoms with Crippen LogP contribution < -0.4 is 10.6 Å². The highest BCUT2D eigenvalue weighted by Gasteiger charge is 2.15. The van der Waals surface area contributed by atoms with Crippen LogP contribution >= 0.6 is 0 Å². The van der Waals surface area contributed by atoms with Gasteiger partial charge in [0.2, 0.25) is 5.89 Å². The van der Waals surface area contributed by atoms with Gasteiger partial charge in [0, 0.05) is 17.8 Å². The van der Waals surface area contributed by atoms with Gasteiger partial charge < -0.3 is 20.0 Å². The Morgan fingerprint density at radius 1 is 1.06 bits per heavy atom.